The van der Waals surface area contributed by atoms with Crippen molar-refractivity contribution < 1.29 is 9.31 Å². The minimum Gasteiger partial charge on any atom is -0.399 e. The van der Waals surface area contributed by atoms with Gasteiger partial charge < -0.3 is 9.31 Å². The first-order valence-corrected chi connectivity index (χ1v) is 7.55. The molecule has 1 fully saturated rings. The molecule has 2 heterocycles. The number of hydrogen-bond acceptors (Lipinski definition) is 3. The van der Waals surface area contributed by atoms with Gasteiger partial charge in [0.2, 0.25) is 0 Å². The van der Waals surface area contributed by atoms with Gasteiger partial charge in [0.25, 0.3) is 0 Å². The van der Waals surface area contributed by atoms with E-state index >= 15 is 0 Å². The summed E-state index contributed by atoms with van der Waals surface area (Å²) in [6, 6.07) is 3.98. The highest BCUT2D eigenvalue weighted by atomic mass is 16.7. The van der Waals surface area contributed by atoms with Crippen LogP contribution < -0.4 is 5.46 Å². The number of hydrogen-bond donors (Lipinski definition) is 0. The average Bonchev–Trinajstić information content (AvgIpc) is 2.61. The Kier molecular flexibility index (Phi) is 5.39. The van der Waals surface area contributed by atoms with Gasteiger partial charge in [0.15, 0.2) is 0 Å². The third-order valence-corrected chi connectivity index (χ3v) is 3.93. The summed E-state index contributed by atoms with van der Waals surface area (Å²) in [4.78, 5) is 4.46. The fourth-order valence-corrected chi connectivity index (χ4v) is 2.08. The maximum absolute atomic E-state index is 6.08. The molecule has 1 aromatic heterocycles. The number of pyridine rings is 1. The first-order valence-electron chi connectivity index (χ1n) is 7.55. The highest BCUT2D eigenvalue weighted by molar-refractivity contribution is 6.62. The van der Waals surface area contributed by atoms with E-state index in [0.717, 1.165) is 11.2 Å². The highest BCUT2D eigenvalue weighted by Gasteiger charge is 2.52. The maximum Gasteiger partial charge on any atom is 0.496 e. The van der Waals surface area contributed by atoms with Crippen molar-refractivity contribution in [2.75, 3.05) is 0 Å². The summed E-state index contributed by atoms with van der Waals surface area (Å²) in [5.41, 5.74) is 1.49. The van der Waals surface area contributed by atoms with E-state index in [1.54, 1.807) is 0 Å². The molecule has 1 aliphatic rings. The SMILES string of the molecule is CC.CC(C)c1ncccc1B1OC(C)(C)C(C)(C)O1. The zero-order valence-electron chi connectivity index (χ0n) is 14.2. The van der Waals surface area contributed by atoms with Crippen LogP contribution >= 0.6 is 0 Å². The van der Waals surface area contributed by atoms with Crippen molar-refractivity contribution in [3.05, 3.63) is 24.0 Å². The van der Waals surface area contributed by atoms with E-state index < -0.39 is 0 Å². The van der Waals surface area contributed by atoms with Gasteiger partial charge in [-0.3, -0.25) is 4.98 Å². The fourth-order valence-electron chi connectivity index (χ4n) is 2.08. The van der Waals surface area contributed by atoms with E-state index in [2.05, 4.69) is 46.5 Å². The Morgan fingerprint density at radius 3 is 2.00 bits per heavy atom. The Morgan fingerprint density at radius 2 is 1.55 bits per heavy atom. The fraction of sp³-hybridized carbons (Fsp3) is 0.688. The zero-order valence-corrected chi connectivity index (χ0v) is 14.2. The molecular weight excluding hydrogens is 249 g/mol. The molecule has 0 atom stereocenters. The van der Waals surface area contributed by atoms with Crippen molar-refractivity contribution in [1.29, 1.82) is 0 Å². The molecule has 2 rings (SSSR count). The van der Waals surface area contributed by atoms with Crippen molar-refractivity contribution in [2.45, 2.75) is 72.5 Å². The number of rotatable bonds is 2. The van der Waals surface area contributed by atoms with Crippen LogP contribution in [-0.2, 0) is 9.31 Å². The summed E-state index contributed by atoms with van der Waals surface area (Å²) in [6.45, 7) is 16.5. The molecule has 0 aromatic carbocycles. The topological polar surface area (TPSA) is 31.4 Å². The van der Waals surface area contributed by atoms with Gasteiger partial charge in [-0.25, -0.2) is 0 Å². The van der Waals surface area contributed by atoms with E-state index in [4.69, 9.17) is 9.31 Å². The molecule has 4 heteroatoms. The molecule has 0 unspecified atom stereocenters. The summed E-state index contributed by atoms with van der Waals surface area (Å²) >= 11 is 0. The molecule has 3 nitrogen and oxygen atoms in total. The molecule has 1 aromatic rings. The molecule has 0 aliphatic carbocycles. The first kappa shape index (κ1) is 17.2. The molecule has 0 bridgehead atoms. The van der Waals surface area contributed by atoms with Crippen LogP contribution in [0.3, 0.4) is 0 Å². The summed E-state index contributed by atoms with van der Waals surface area (Å²) in [5, 5.41) is 0. The monoisotopic (exact) mass is 277 g/mol. The first-order chi connectivity index (χ1) is 9.24. The molecule has 1 aliphatic heterocycles. The minimum absolute atomic E-state index is 0.304. The van der Waals surface area contributed by atoms with Crippen LogP contribution in [0.1, 0.15) is 67.0 Å². The second-order valence-electron chi connectivity index (χ2n) is 6.22. The third kappa shape index (κ3) is 3.23. The van der Waals surface area contributed by atoms with E-state index in [1.807, 2.05) is 32.2 Å². The van der Waals surface area contributed by atoms with E-state index in [1.165, 1.54) is 0 Å². The Hall–Kier alpha value is -0.865. The smallest absolute Gasteiger partial charge is 0.399 e. The van der Waals surface area contributed by atoms with E-state index in [0.29, 0.717) is 5.92 Å². The second kappa shape index (κ2) is 6.27. The number of nitrogens with zero attached hydrogens (tertiary/aromatic N) is 1. The van der Waals surface area contributed by atoms with Gasteiger partial charge in [0.1, 0.15) is 0 Å². The van der Waals surface area contributed by atoms with Crippen LogP contribution in [0.5, 0.6) is 0 Å². The van der Waals surface area contributed by atoms with E-state index in [-0.39, 0.29) is 18.3 Å². The van der Waals surface area contributed by atoms with Crippen molar-refractivity contribution in [3.63, 3.8) is 0 Å². The van der Waals surface area contributed by atoms with Crippen LogP contribution in [0.15, 0.2) is 18.3 Å². The van der Waals surface area contributed by atoms with Crippen LogP contribution in [-0.4, -0.2) is 23.3 Å². The summed E-state index contributed by atoms with van der Waals surface area (Å²) in [5.74, 6) is 0.361. The van der Waals surface area contributed by atoms with Crippen LogP contribution in [0.25, 0.3) is 0 Å². The largest absolute Gasteiger partial charge is 0.496 e. The molecular formula is C16H28BNO2. The van der Waals surface area contributed by atoms with Crippen LogP contribution in [0.2, 0.25) is 0 Å². The number of aromatic nitrogens is 1. The maximum atomic E-state index is 6.08. The van der Waals surface area contributed by atoms with Crippen molar-refractivity contribution in [2.24, 2.45) is 0 Å². The predicted molar refractivity (Wildman–Crippen MR) is 85.4 cm³/mol. The van der Waals surface area contributed by atoms with Gasteiger partial charge in [0.05, 0.1) is 11.2 Å². The van der Waals surface area contributed by atoms with Gasteiger partial charge >= 0.3 is 7.12 Å². The average molecular weight is 277 g/mol. The molecule has 1 saturated heterocycles. The molecule has 20 heavy (non-hydrogen) atoms. The lowest BCUT2D eigenvalue weighted by atomic mass is 9.76. The Labute approximate surface area is 124 Å². The lowest BCUT2D eigenvalue weighted by Gasteiger charge is -2.32. The minimum atomic E-state index is -0.318. The van der Waals surface area contributed by atoms with Crippen LogP contribution in [0.4, 0.5) is 0 Å². The molecule has 0 amide bonds. The van der Waals surface area contributed by atoms with Gasteiger partial charge in [-0.1, -0.05) is 33.8 Å². The lowest BCUT2D eigenvalue weighted by molar-refractivity contribution is 0.00578. The van der Waals surface area contributed by atoms with Crippen molar-refractivity contribution in [1.82, 2.24) is 4.98 Å². The zero-order chi connectivity index (χ0) is 15.6. The normalized spacial score (nSPS) is 19.8. The molecule has 0 saturated carbocycles. The molecule has 112 valence electrons. The van der Waals surface area contributed by atoms with Gasteiger partial charge in [-0.2, -0.15) is 0 Å². The van der Waals surface area contributed by atoms with Gasteiger partial charge in [-0.15, -0.1) is 0 Å². The predicted octanol–water partition coefficient (Wildman–Crippen LogP) is 3.53. The van der Waals surface area contributed by atoms with Gasteiger partial charge in [0, 0.05) is 17.4 Å². The summed E-state index contributed by atoms with van der Waals surface area (Å²) in [6.07, 6.45) is 1.82. The van der Waals surface area contributed by atoms with Crippen molar-refractivity contribution in [3.8, 4) is 0 Å². The van der Waals surface area contributed by atoms with Gasteiger partial charge in [-0.05, 0) is 39.7 Å². The summed E-state index contributed by atoms with van der Waals surface area (Å²) < 4.78 is 12.2. The van der Waals surface area contributed by atoms with Crippen LogP contribution in [0, 0.1) is 0 Å². The Balaban J connectivity index is 0.000000956. The highest BCUT2D eigenvalue weighted by Crippen LogP contribution is 2.36. The molecule has 0 radical (unpaired) electrons. The Bertz CT molecular complexity index is 428. The molecule has 0 N–H and O–H groups in total. The Morgan fingerprint density at radius 1 is 1.05 bits per heavy atom. The standard InChI is InChI=1S/C14H22BNO2.C2H6/c1-10(2)12-11(8-7-9-16-12)15-17-13(3,4)14(5,6)18-15;1-2/h7-10H,1-6H3;1-2H3. The van der Waals surface area contributed by atoms with Crippen molar-refractivity contribution >= 4 is 12.6 Å². The van der Waals surface area contributed by atoms with E-state index in [9.17, 15) is 0 Å². The second-order valence-corrected chi connectivity index (χ2v) is 6.22. The summed E-state index contributed by atoms with van der Waals surface area (Å²) in [7, 11) is -0.318. The molecule has 0 spiro atoms. The third-order valence-electron chi connectivity index (χ3n) is 3.93. The quantitative estimate of drug-likeness (QED) is 0.775. The lowest BCUT2D eigenvalue weighted by Crippen LogP contribution is -2.41.